The van der Waals surface area contributed by atoms with Gasteiger partial charge in [-0.25, -0.2) is 4.98 Å². The van der Waals surface area contributed by atoms with E-state index in [4.69, 9.17) is 4.98 Å². The minimum atomic E-state index is -0.145. The average molecular weight is 349 g/mol. The van der Waals surface area contributed by atoms with Gasteiger partial charge in [-0.3, -0.25) is 9.78 Å². The maximum Gasteiger partial charge on any atom is 0.259 e. The Kier molecular flexibility index (Phi) is 3.54. The molecular weight excluding hydrogens is 334 g/mol. The fraction of sp³-hybridized carbons (Fsp3) is 0. The van der Waals surface area contributed by atoms with Crippen LogP contribution in [0.2, 0.25) is 0 Å². The van der Waals surface area contributed by atoms with Crippen molar-refractivity contribution >= 4 is 21.7 Å². The van der Waals surface area contributed by atoms with Crippen molar-refractivity contribution in [3.63, 3.8) is 0 Å². The van der Waals surface area contributed by atoms with Gasteiger partial charge in [-0.2, -0.15) is 0 Å². The second kappa shape index (κ2) is 6.18. The highest BCUT2D eigenvalue weighted by Crippen LogP contribution is 2.27. The number of nitrogens with zero attached hydrogens (tertiary/aromatic N) is 2. The Hall–Kier alpha value is -3.79. The highest BCUT2D eigenvalue weighted by molar-refractivity contribution is 5.94. The van der Waals surface area contributed by atoms with Crippen molar-refractivity contribution in [2.45, 2.75) is 0 Å². The topological polar surface area (TPSA) is 58.6 Å². The fourth-order valence-electron chi connectivity index (χ4n) is 3.39. The van der Waals surface area contributed by atoms with Crippen LogP contribution in [0.1, 0.15) is 0 Å². The Morgan fingerprint density at radius 3 is 2.52 bits per heavy atom. The molecule has 0 aliphatic rings. The van der Waals surface area contributed by atoms with Crippen molar-refractivity contribution in [3.8, 4) is 22.5 Å². The van der Waals surface area contributed by atoms with Gasteiger partial charge in [-0.05, 0) is 29.0 Å². The molecule has 2 aromatic heterocycles. The van der Waals surface area contributed by atoms with Crippen molar-refractivity contribution in [1.82, 2.24) is 15.0 Å². The number of aromatic amines is 1. The molecule has 0 bridgehead atoms. The molecular formula is C23H15N3O. The summed E-state index contributed by atoms with van der Waals surface area (Å²) in [6.45, 7) is 0. The van der Waals surface area contributed by atoms with E-state index in [1.165, 1.54) is 0 Å². The van der Waals surface area contributed by atoms with E-state index >= 15 is 0 Å². The number of nitrogens with one attached hydrogen (secondary N) is 1. The van der Waals surface area contributed by atoms with Gasteiger partial charge in [0, 0.05) is 29.1 Å². The van der Waals surface area contributed by atoms with Crippen LogP contribution in [0.3, 0.4) is 0 Å². The van der Waals surface area contributed by atoms with Crippen molar-refractivity contribution in [1.29, 1.82) is 0 Å². The molecule has 128 valence electrons. The molecule has 0 saturated heterocycles. The minimum absolute atomic E-state index is 0.145. The minimum Gasteiger partial charge on any atom is -0.306 e. The van der Waals surface area contributed by atoms with Crippen LogP contribution in [0.4, 0.5) is 0 Å². The lowest BCUT2D eigenvalue weighted by Gasteiger charge is -2.08. The Labute approximate surface area is 155 Å². The Balaban J connectivity index is 1.77. The van der Waals surface area contributed by atoms with Gasteiger partial charge < -0.3 is 4.98 Å². The molecule has 4 heteroatoms. The molecule has 0 spiro atoms. The number of pyridine rings is 1. The van der Waals surface area contributed by atoms with Crippen LogP contribution in [-0.4, -0.2) is 15.0 Å². The Morgan fingerprint density at radius 2 is 1.67 bits per heavy atom. The van der Waals surface area contributed by atoms with Crippen LogP contribution in [-0.2, 0) is 0 Å². The van der Waals surface area contributed by atoms with Gasteiger partial charge in [-0.1, -0.05) is 54.6 Å². The highest BCUT2D eigenvalue weighted by Gasteiger charge is 2.11. The molecule has 27 heavy (non-hydrogen) atoms. The van der Waals surface area contributed by atoms with E-state index in [1.54, 1.807) is 18.5 Å². The van der Waals surface area contributed by atoms with Gasteiger partial charge in [0.1, 0.15) is 5.82 Å². The van der Waals surface area contributed by atoms with Crippen LogP contribution in [0, 0.1) is 0 Å². The van der Waals surface area contributed by atoms with Gasteiger partial charge in [0.25, 0.3) is 5.56 Å². The van der Waals surface area contributed by atoms with E-state index in [9.17, 15) is 4.79 Å². The summed E-state index contributed by atoms with van der Waals surface area (Å²) in [4.78, 5) is 24.6. The molecule has 3 aromatic carbocycles. The normalized spacial score (nSPS) is 11.1. The predicted octanol–water partition coefficient (Wildman–Crippen LogP) is 4.81. The van der Waals surface area contributed by atoms with Crippen molar-refractivity contribution in [3.05, 3.63) is 95.5 Å². The van der Waals surface area contributed by atoms with Crippen molar-refractivity contribution in [2.24, 2.45) is 0 Å². The quantitative estimate of drug-likeness (QED) is 0.498. The molecule has 5 aromatic rings. The molecule has 1 N–H and O–H groups in total. The second-order valence-electron chi connectivity index (χ2n) is 6.42. The first-order valence-electron chi connectivity index (χ1n) is 8.72. The van der Waals surface area contributed by atoms with E-state index in [0.29, 0.717) is 16.7 Å². The third kappa shape index (κ3) is 2.68. The van der Waals surface area contributed by atoms with Gasteiger partial charge >= 0.3 is 0 Å². The van der Waals surface area contributed by atoms with Crippen LogP contribution >= 0.6 is 0 Å². The molecule has 0 radical (unpaired) electrons. The molecule has 0 amide bonds. The van der Waals surface area contributed by atoms with E-state index in [0.717, 1.165) is 27.5 Å². The van der Waals surface area contributed by atoms with Gasteiger partial charge in [0.05, 0.1) is 10.9 Å². The Morgan fingerprint density at radius 1 is 0.778 bits per heavy atom. The number of H-pyrrole nitrogens is 1. The zero-order valence-corrected chi connectivity index (χ0v) is 14.4. The van der Waals surface area contributed by atoms with E-state index in [1.807, 2.05) is 54.6 Å². The lowest BCUT2D eigenvalue weighted by molar-refractivity contribution is 1.18. The lowest BCUT2D eigenvalue weighted by Crippen LogP contribution is -2.10. The first-order chi connectivity index (χ1) is 13.3. The number of aromatic nitrogens is 3. The zero-order chi connectivity index (χ0) is 18.2. The third-order valence-electron chi connectivity index (χ3n) is 4.73. The maximum atomic E-state index is 12.7. The van der Waals surface area contributed by atoms with Crippen LogP contribution in [0.5, 0.6) is 0 Å². The summed E-state index contributed by atoms with van der Waals surface area (Å²) >= 11 is 0. The smallest absolute Gasteiger partial charge is 0.259 e. The van der Waals surface area contributed by atoms with Gasteiger partial charge in [0.2, 0.25) is 0 Å². The largest absolute Gasteiger partial charge is 0.306 e. The Bertz CT molecular complexity index is 1340. The predicted molar refractivity (Wildman–Crippen MR) is 109 cm³/mol. The zero-order valence-electron chi connectivity index (χ0n) is 14.4. The number of hydrogen-bond acceptors (Lipinski definition) is 3. The summed E-state index contributed by atoms with van der Waals surface area (Å²) in [7, 11) is 0. The fourth-order valence-corrected chi connectivity index (χ4v) is 3.39. The van der Waals surface area contributed by atoms with Crippen LogP contribution in [0.15, 0.2) is 90.0 Å². The molecule has 0 aliphatic carbocycles. The van der Waals surface area contributed by atoms with Crippen LogP contribution < -0.4 is 5.56 Å². The number of para-hydroxylation sites is 1. The molecule has 0 saturated carbocycles. The molecule has 0 atom stereocenters. The number of hydrogen-bond donors (Lipinski definition) is 1. The first-order valence-corrected chi connectivity index (χ1v) is 8.72. The molecule has 0 aliphatic heterocycles. The molecule has 5 rings (SSSR count). The van der Waals surface area contributed by atoms with Crippen LogP contribution in [0.25, 0.3) is 44.2 Å². The second-order valence-corrected chi connectivity index (χ2v) is 6.42. The lowest BCUT2D eigenvalue weighted by atomic mass is 10.0. The SMILES string of the molecule is O=c1[nH]c(-c2ccc3ccccc3c2)nc2c(-c3cccnc3)cccc12. The number of benzene rings is 3. The van der Waals surface area contributed by atoms with E-state index < -0.39 is 0 Å². The summed E-state index contributed by atoms with van der Waals surface area (Å²) in [6.07, 6.45) is 3.52. The summed E-state index contributed by atoms with van der Waals surface area (Å²) in [5.74, 6) is 0.564. The van der Waals surface area contributed by atoms with Gasteiger partial charge in [0.15, 0.2) is 0 Å². The van der Waals surface area contributed by atoms with E-state index in [-0.39, 0.29) is 5.56 Å². The van der Waals surface area contributed by atoms with Crippen molar-refractivity contribution in [2.75, 3.05) is 0 Å². The molecule has 4 nitrogen and oxygen atoms in total. The summed E-state index contributed by atoms with van der Waals surface area (Å²) in [5.41, 5.74) is 3.25. The third-order valence-corrected chi connectivity index (χ3v) is 4.73. The highest BCUT2D eigenvalue weighted by atomic mass is 16.1. The monoisotopic (exact) mass is 349 g/mol. The summed E-state index contributed by atoms with van der Waals surface area (Å²) in [6, 6.07) is 23.7. The molecule has 0 unspecified atom stereocenters. The molecule has 0 fully saturated rings. The maximum absolute atomic E-state index is 12.7. The van der Waals surface area contributed by atoms with Crippen molar-refractivity contribution < 1.29 is 0 Å². The number of rotatable bonds is 2. The average Bonchev–Trinajstić information content (AvgIpc) is 2.73. The van der Waals surface area contributed by atoms with E-state index in [2.05, 4.69) is 22.1 Å². The summed E-state index contributed by atoms with van der Waals surface area (Å²) < 4.78 is 0. The van der Waals surface area contributed by atoms with Gasteiger partial charge in [-0.15, -0.1) is 0 Å². The standard InChI is InChI=1S/C23H15N3O/c27-23-20-9-3-8-19(18-7-4-12-24-14-18)21(20)25-22(26-23)17-11-10-15-5-1-2-6-16(15)13-17/h1-14H,(H,25,26,27). The molecule has 2 heterocycles. The first kappa shape index (κ1) is 15.5. The number of fused-ring (bicyclic) bond motifs is 2. The summed E-state index contributed by atoms with van der Waals surface area (Å²) in [5, 5.41) is 2.83.